The van der Waals surface area contributed by atoms with Gasteiger partial charge in [-0.1, -0.05) is 6.07 Å². The number of likely N-dealkylation sites (tertiary alicyclic amines) is 1. The van der Waals surface area contributed by atoms with Crippen LogP contribution in [0.3, 0.4) is 0 Å². The van der Waals surface area contributed by atoms with Crippen molar-refractivity contribution in [1.29, 1.82) is 0 Å². The number of nitrogens with one attached hydrogen (secondary N) is 1. The van der Waals surface area contributed by atoms with Crippen LogP contribution in [0.15, 0.2) is 36.8 Å². The average molecular weight is 297 g/mol. The van der Waals surface area contributed by atoms with Crippen molar-refractivity contribution in [3.05, 3.63) is 42.5 Å². The number of hydrogen-bond acceptors (Lipinski definition) is 5. The Bertz CT molecular complexity index is 638. The van der Waals surface area contributed by atoms with E-state index in [-0.39, 0.29) is 5.91 Å². The molecule has 6 heteroatoms. The summed E-state index contributed by atoms with van der Waals surface area (Å²) in [5, 5.41) is 3.24. The van der Waals surface area contributed by atoms with E-state index < -0.39 is 0 Å². The number of pyridine rings is 1. The summed E-state index contributed by atoms with van der Waals surface area (Å²) in [5.74, 6) is 1.97. The van der Waals surface area contributed by atoms with Gasteiger partial charge < -0.3 is 10.2 Å². The molecule has 0 bridgehead atoms. The van der Waals surface area contributed by atoms with Crippen molar-refractivity contribution < 1.29 is 4.79 Å². The number of nitrogens with zero attached hydrogens (tertiary/aromatic N) is 4. The molecule has 0 radical (unpaired) electrons. The molecule has 114 valence electrons. The molecule has 1 N–H and O–H groups in total. The van der Waals surface area contributed by atoms with Crippen LogP contribution in [0.5, 0.6) is 0 Å². The molecule has 0 spiro atoms. The number of aromatic nitrogens is 3. The number of piperidine rings is 1. The Balaban J connectivity index is 1.76. The number of carbonyl (C=O) groups is 1. The normalized spacial score (nSPS) is 15.6. The molecule has 0 saturated carbocycles. The van der Waals surface area contributed by atoms with E-state index in [1.165, 1.54) is 0 Å². The summed E-state index contributed by atoms with van der Waals surface area (Å²) >= 11 is 0. The summed E-state index contributed by atoms with van der Waals surface area (Å²) in [7, 11) is 0. The highest BCUT2D eigenvalue weighted by Crippen LogP contribution is 2.31. The molecule has 0 atom stereocenters. The molecule has 1 aliphatic rings. The predicted octanol–water partition coefficient (Wildman–Crippen LogP) is 2.34. The van der Waals surface area contributed by atoms with Gasteiger partial charge in [0.1, 0.15) is 5.82 Å². The molecule has 3 heterocycles. The van der Waals surface area contributed by atoms with Gasteiger partial charge in [0.05, 0.1) is 5.69 Å². The van der Waals surface area contributed by atoms with E-state index in [1.54, 1.807) is 25.5 Å². The summed E-state index contributed by atoms with van der Waals surface area (Å²) in [4.78, 5) is 26.5. The maximum Gasteiger partial charge on any atom is 0.219 e. The molecule has 0 aromatic carbocycles. The number of hydrogen-bond donors (Lipinski definition) is 1. The molecule has 1 fully saturated rings. The Morgan fingerprint density at radius 3 is 2.59 bits per heavy atom. The van der Waals surface area contributed by atoms with Crippen molar-refractivity contribution >= 4 is 17.5 Å². The summed E-state index contributed by atoms with van der Waals surface area (Å²) in [6, 6.07) is 5.70. The largest absolute Gasteiger partial charge is 0.343 e. The second kappa shape index (κ2) is 6.51. The minimum atomic E-state index is 0.143. The van der Waals surface area contributed by atoms with Crippen molar-refractivity contribution in [2.75, 3.05) is 18.4 Å². The van der Waals surface area contributed by atoms with E-state index in [0.29, 0.717) is 5.92 Å². The van der Waals surface area contributed by atoms with Crippen LogP contribution in [0, 0.1) is 0 Å². The van der Waals surface area contributed by atoms with Crippen molar-refractivity contribution in [3.8, 4) is 0 Å². The van der Waals surface area contributed by atoms with Gasteiger partial charge in [0, 0.05) is 44.5 Å². The minimum Gasteiger partial charge on any atom is -0.343 e. The van der Waals surface area contributed by atoms with Gasteiger partial charge in [-0.2, -0.15) is 0 Å². The lowest BCUT2D eigenvalue weighted by Gasteiger charge is -2.31. The number of carbonyl (C=O) groups excluding carboxylic acids is 1. The first-order chi connectivity index (χ1) is 10.7. The van der Waals surface area contributed by atoms with Crippen LogP contribution in [-0.2, 0) is 4.79 Å². The van der Waals surface area contributed by atoms with Crippen molar-refractivity contribution in [1.82, 2.24) is 19.9 Å². The Hall–Kier alpha value is -2.50. The highest BCUT2D eigenvalue weighted by molar-refractivity contribution is 5.73. The summed E-state index contributed by atoms with van der Waals surface area (Å²) in [6.07, 6.45) is 6.96. The zero-order valence-corrected chi connectivity index (χ0v) is 12.6. The topological polar surface area (TPSA) is 71.0 Å². The smallest absolute Gasteiger partial charge is 0.219 e. The van der Waals surface area contributed by atoms with Crippen LogP contribution >= 0.6 is 0 Å². The van der Waals surface area contributed by atoms with Crippen molar-refractivity contribution in [3.63, 3.8) is 0 Å². The minimum absolute atomic E-state index is 0.143. The van der Waals surface area contributed by atoms with Crippen LogP contribution in [0.1, 0.15) is 31.4 Å². The lowest BCUT2D eigenvalue weighted by Crippen LogP contribution is -2.36. The maximum atomic E-state index is 11.4. The summed E-state index contributed by atoms with van der Waals surface area (Å²) in [6.45, 7) is 3.18. The van der Waals surface area contributed by atoms with Gasteiger partial charge in [0.15, 0.2) is 5.82 Å². The van der Waals surface area contributed by atoms with Gasteiger partial charge in [-0.15, -0.1) is 0 Å². The molecule has 3 rings (SSSR count). The van der Waals surface area contributed by atoms with E-state index in [1.807, 2.05) is 23.1 Å². The highest BCUT2D eigenvalue weighted by Gasteiger charge is 2.25. The third-order valence-electron chi connectivity index (χ3n) is 3.96. The van der Waals surface area contributed by atoms with Crippen LogP contribution in [0.2, 0.25) is 0 Å². The first-order valence-corrected chi connectivity index (χ1v) is 7.48. The zero-order valence-electron chi connectivity index (χ0n) is 12.6. The number of rotatable bonds is 3. The van der Waals surface area contributed by atoms with Crippen LogP contribution in [0.25, 0.3) is 0 Å². The average Bonchev–Trinajstić information content (AvgIpc) is 2.56. The third-order valence-corrected chi connectivity index (χ3v) is 3.96. The van der Waals surface area contributed by atoms with Crippen molar-refractivity contribution in [2.24, 2.45) is 0 Å². The molecule has 0 unspecified atom stereocenters. The summed E-state index contributed by atoms with van der Waals surface area (Å²) < 4.78 is 0. The van der Waals surface area contributed by atoms with Crippen molar-refractivity contribution in [2.45, 2.75) is 25.7 Å². The zero-order chi connectivity index (χ0) is 15.4. The number of anilines is 2. The molecule has 1 saturated heterocycles. The third kappa shape index (κ3) is 3.21. The molecule has 1 aliphatic heterocycles. The van der Waals surface area contributed by atoms with E-state index >= 15 is 0 Å². The van der Waals surface area contributed by atoms with Gasteiger partial charge in [-0.3, -0.25) is 9.78 Å². The molecule has 2 aromatic rings. The van der Waals surface area contributed by atoms with Gasteiger partial charge >= 0.3 is 0 Å². The predicted molar refractivity (Wildman–Crippen MR) is 83.8 cm³/mol. The van der Waals surface area contributed by atoms with E-state index in [2.05, 4.69) is 20.3 Å². The Labute approximate surface area is 129 Å². The van der Waals surface area contributed by atoms with Crippen LogP contribution in [-0.4, -0.2) is 38.8 Å². The monoisotopic (exact) mass is 297 g/mol. The Kier molecular flexibility index (Phi) is 4.27. The van der Waals surface area contributed by atoms with E-state index in [0.717, 1.165) is 43.3 Å². The maximum absolute atomic E-state index is 11.4. The second-order valence-corrected chi connectivity index (χ2v) is 5.41. The molecular formula is C16H19N5O. The van der Waals surface area contributed by atoms with E-state index in [4.69, 9.17) is 0 Å². The van der Waals surface area contributed by atoms with Gasteiger partial charge in [-0.05, 0) is 25.0 Å². The first-order valence-electron chi connectivity index (χ1n) is 7.48. The quantitative estimate of drug-likeness (QED) is 0.941. The molecular weight excluding hydrogens is 278 g/mol. The van der Waals surface area contributed by atoms with Crippen LogP contribution < -0.4 is 5.32 Å². The molecule has 2 aromatic heterocycles. The molecule has 1 amide bonds. The fourth-order valence-corrected chi connectivity index (χ4v) is 2.77. The van der Waals surface area contributed by atoms with E-state index in [9.17, 15) is 4.79 Å². The first kappa shape index (κ1) is 14.4. The van der Waals surface area contributed by atoms with Gasteiger partial charge in [-0.25, -0.2) is 9.97 Å². The number of amides is 1. The Morgan fingerprint density at radius 2 is 1.91 bits per heavy atom. The standard InChI is InChI=1S/C16H19N5O/c1-12(22)21-10-5-13(6-11-21)15-16(19-9-8-18-15)20-14-4-2-3-7-17-14/h2-4,7-9,13H,5-6,10-11H2,1H3,(H,17,19,20). The Morgan fingerprint density at radius 1 is 1.14 bits per heavy atom. The lowest BCUT2D eigenvalue weighted by molar-refractivity contribution is -0.129. The summed E-state index contributed by atoms with van der Waals surface area (Å²) in [5.41, 5.74) is 0.955. The van der Waals surface area contributed by atoms with Gasteiger partial charge in [0.25, 0.3) is 0 Å². The fourth-order valence-electron chi connectivity index (χ4n) is 2.77. The SMILES string of the molecule is CC(=O)N1CCC(c2nccnc2Nc2ccccn2)CC1. The highest BCUT2D eigenvalue weighted by atomic mass is 16.2. The fraction of sp³-hybridized carbons (Fsp3) is 0.375. The van der Waals surface area contributed by atoms with Crippen LogP contribution in [0.4, 0.5) is 11.6 Å². The van der Waals surface area contributed by atoms with Gasteiger partial charge in [0.2, 0.25) is 5.91 Å². The lowest BCUT2D eigenvalue weighted by atomic mass is 9.93. The second-order valence-electron chi connectivity index (χ2n) is 5.41. The molecule has 6 nitrogen and oxygen atoms in total. The molecule has 0 aliphatic carbocycles. The molecule has 22 heavy (non-hydrogen) atoms.